The van der Waals surface area contributed by atoms with Gasteiger partial charge in [-0.15, -0.1) is 0 Å². The summed E-state index contributed by atoms with van der Waals surface area (Å²) < 4.78 is 30.9. The molecule has 90 valence electrons. The molecule has 1 aromatic carbocycles. The Hall–Kier alpha value is -1.20. The minimum Gasteiger partial charge on any atom is -0.489 e. The highest BCUT2D eigenvalue weighted by molar-refractivity contribution is 5.24. The summed E-state index contributed by atoms with van der Waals surface area (Å²) in [6, 6.07) is 3.10. The molecule has 1 rings (SSSR count). The van der Waals surface area contributed by atoms with Crippen molar-refractivity contribution in [2.45, 2.75) is 12.5 Å². The van der Waals surface area contributed by atoms with E-state index in [1.54, 1.807) is 7.05 Å². The zero-order valence-electron chi connectivity index (χ0n) is 9.04. The van der Waals surface area contributed by atoms with Gasteiger partial charge in [-0.1, -0.05) is 0 Å². The first-order chi connectivity index (χ1) is 7.67. The molecule has 0 saturated carbocycles. The Labute approximate surface area is 93.0 Å². The average molecular weight is 231 g/mol. The van der Waals surface area contributed by atoms with Crippen molar-refractivity contribution in [3.8, 4) is 5.75 Å². The van der Waals surface area contributed by atoms with E-state index in [1.165, 1.54) is 6.07 Å². The molecule has 0 heterocycles. The zero-order valence-corrected chi connectivity index (χ0v) is 9.04. The van der Waals surface area contributed by atoms with E-state index in [0.717, 1.165) is 12.1 Å². The number of rotatable bonds is 6. The summed E-state index contributed by atoms with van der Waals surface area (Å²) in [6.07, 6.45) is 0.513. The highest BCUT2D eigenvalue weighted by Gasteiger charge is 2.09. The third-order valence-electron chi connectivity index (χ3n) is 2.22. The topological polar surface area (TPSA) is 41.5 Å². The first kappa shape index (κ1) is 12.9. The second kappa shape index (κ2) is 6.40. The van der Waals surface area contributed by atoms with E-state index >= 15 is 0 Å². The molecule has 1 aromatic rings. The number of nitrogens with one attached hydrogen (secondary N) is 1. The lowest BCUT2D eigenvalue weighted by atomic mass is 10.2. The quantitative estimate of drug-likeness (QED) is 0.775. The molecule has 0 amide bonds. The number of aliphatic hydroxyl groups excluding tert-OH is 1. The van der Waals surface area contributed by atoms with Gasteiger partial charge in [-0.3, -0.25) is 0 Å². The van der Waals surface area contributed by atoms with Gasteiger partial charge in [0.05, 0.1) is 0 Å². The lowest BCUT2D eigenvalue weighted by Crippen LogP contribution is -2.32. The second-order valence-corrected chi connectivity index (χ2v) is 3.38. The van der Waals surface area contributed by atoms with Gasteiger partial charge in [0.1, 0.15) is 12.4 Å². The molecule has 2 N–H and O–H groups in total. The molecular formula is C11H15F2NO2. The van der Waals surface area contributed by atoms with Gasteiger partial charge in [0.2, 0.25) is 0 Å². The molecular weight excluding hydrogens is 216 g/mol. The van der Waals surface area contributed by atoms with Crippen LogP contribution in [0, 0.1) is 11.6 Å². The summed E-state index contributed by atoms with van der Waals surface area (Å²) in [5.41, 5.74) is 0. The van der Waals surface area contributed by atoms with Crippen molar-refractivity contribution < 1.29 is 18.6 Å². The van der Waals surface area contributed by atoms with Gasteiger partial charge in [0, 0.05) is 18.7 Å². The standard InChI is InChI=1S/C11H15F2NO2/c1-14-9(4-5-15)7-16-11-3-2-8(12)6-10(11)13/h2-3,6,9,14-15H,4-5,7H2,1H3. The Bertz CT molecular complexity index is 334. The van der Waals surface area contributed by atoms with Crippen LogP contribution in [0.15, 0.2) is 18.2 Å². The predicted octanol–water partition coefficient (Wildman–Crippen LogP) is 1.31. The number of ether oxygens (including phenoxy) is 1. The van der Waals surface area contributed by atoms with Crippen LogP contribution in [-0.4, -0.2) is 31.4 Å². The molecule has 16 heavy (non-hydrogen) atoms. The Morgan fingerprint density at radius 3 is 2.75 bits per heavy atom. The molecule has 1 atom stereocenters. The maximum atomic E-state index is 13.2. The third kappa shape index (κ3) is 3.75. The molecule has 0 spiro atoms. The Morgan fingerprint density at radius 1 is 1.44 bits per heavy atom. The summed E-state index contributed by atoms with van der Waals surface area (Å²) in [5.74, 6) is -1.34. The monoisotopic (exact) mass is 231 g/mol. The molecule has 5 heteroatoms. The number of hydrogen-bond donors (Lipinski definition) is 2. The van der Waals surface area contributed by atoms with Crippen molar-refractivity contribution in [3.63, 3.8) is 0 Å². The highest BCUT2D eigenvalue weighted by Crippen LogP contribution is 2.17. The first-order valence-electron chi connectivity index (χ1n) is 5.03. The van der Waals surface area contributed by atoms with Gasteiger partial charge >= 0.3 is 0 Å². The van der Waals surface area contributed by atoms with Gasteiger partial charge < -0.3 is 15.2 Å². The predicted molar refractivity (Wildman–Crippen MR) is 56.4 cm³/mol. The summed E-state index contributed by atoms with van der Waals surface area (Å²) in [6.45, 7) is 0.250. The molecule has 0 saturated heterocycles. The molecule has 0 fully saturated rings. The molecule has 0 aliphatic rings. The van der Waals surface area contributed by atoms with Crippen molar-refractivity contribution in [1.82, 2.24) is 5.32 Å². The smallest absolute Gasteiger partial charge is 0.167 e. The van der Waals surface area contributed by atoms with Crippen molar-refractivity contribution in [3.05, 3.63) is 29.8 Å². The highest BCUT2D eigenvalue weighted by atomic mass is 19.1. The largest absolute Gasteiger partial charge is 0.489 e. The summed E-state index contributed by atoms with van der Waals surface area (Å²) in [7, 11) is 1.73. The fraction of sp³-hybridized carbons (Fsp3) is 0.455. The van der Waals surface area contributed by atoms with E-state index in [9.17, 15) is 8.78 Å². The Morgan fingerprint density at radius 2 is 2.19 bits per heavy atom. The Balaban J connectivity index is 2.53. The minimum atomic E-state index is -0.723. The van der Waals surface area contributed by atoms with Crippen LogP contribution in [0.2, 0.25) is 0 Å². The van der Waals surface area contributed by atoms with Crippen LogP contribution < -0.4 is 10.1 Å². The minimum absolute atomic E-state index is 0.0135. The number of benzene rings is 1. The number of halogens is 2. The number of aliphatic hydroxyl groups is 1. The molecule has 0 radical (unpaired) electrons. The van der Waals surface area contributed by atoms with Gasteiger partial charge in [0.25, 0.3) is 0 Å². The summed E-state index contributed by atoms with van der Waals surface area (Å²) in [5, 5.41) is 11.7. The van der Waals surface area contributed by atoms with Crippen LogP contribution in [0.5, 0.6) is 5.75 Å². The Kier molecular flexibility index (Phi) is 5.14. The lowest BCUT2D eigenvalue weighted by molar-refractivity contribution is 0.214. The first-order valence-corrected chi connectivity index (χ1v) is 5.03. The van der Waals surface area contributed by atoms with Gasteiger partial charge in [0.15, 0.2) is 11.6 Å². The van der Waals surface area contributed by atoms with Crippen molar-refractivity contribution in [2.75, 3.05) is 20.3 Å². The van der Waals surface area contributed by atoms with E-state index in [-0.39, 0.29) is 25.0 Å². The normalized spacial score (nSPS) is 12.5. The molecule has 0 aliphatic carbocycles. The van der Waals surface area contributed by atoms with Crippen molar-refractivity contribution in [2.24, 2.45) is 0 Å². The van der Waals surface area contributed by atoms with E-state index in [4.69, 9.17) is 9.84 Å². The molecule has 0 bridgehead atoms. The third-order valence-corrected chi connectivity index (χ3v) is 2.22. The van der Waals surface area contributed by atoms with Crippen LogP contribution in [-0.2, 0) is 0 Å². The van der Waals surface area contributed by atoms with Crippen LogP contribution in [0.3, 0.4) is 0 Å². The molecule has 0 aromatic heterocycles. The van der Waals surface area contributed by atoms with Crippen LogP contribution in [0.4, 0.5) is 8.78 Å². The average Bonchev–Trinajstić information content (AvgIpc) is 2.26. The second-order valence-electron chi connectivity index (χ2n) is 3.38. The number of likely N-dealkylation sites (N-methyl/N-ethyl adjacent to an activating group) is 1. The van der Waals surface area contributed by atoms with Crippen LogP contribution >= 0.6 is 0 Å². The lowest BCUT2D eigenvalue weighted by Gasteiger charge is -2.16. The van der Waals surface area contributed by atoms with E-state index in [1.807, 2.05) is 0 Å². The number of hydrogen-bond acceptors (Lipinski definition) is 3. The van der Waals surface area contributed by atoms with Crippen LogP contribution in [0.1, 0.15) is 6.42 Å². The van der Waals surface area contributed by atoms with E-state index in [0.29, 0.717) is 6.42 Å². The molecule has 1 unspecified atom stereocenters. The fourth-order valence-corrected chi connectivity index (χ4v) is 1.25. The van der Waals surface area contributed by atoms with Gasteiger partial charge in [-0.2, -0.15) is 0 Å². The van der Waals surface area contributed by atoms with Crippen molar-refractivity contribution >= 4 is 0 Å². The van der Waals surface area contributed by atoms with E-state index in [2.05, 4.69) is 5.32 Å². The summed E-state index contributed by atoms with van der Waals surface area (Å²) in [4.78, 5) is 0. The SMILES string of the molecule is CNC(CCO)COc1ccc(F)cc1F. The molecule has 0 aliphatic heterocycles. The fourth-order valence-electron chi connectivity index (χ4n) is 1.25. The zero-order chi connectivity index (χ0) is 12.0. The maximum Gasteiger partial charge on any atom is 0.167 e. The van der Waals surface area contributed by atoms with Crippen LogP contribution in [0.25, 0.3) is 0 Å². The van der Waals surface area contributed by atoms with Gasteiger partial charge in [-0.05, 0) is 25.6 Å². The van der Waals surface area contributed by atoms with E-state index < -0.39 is 11.6 Å². The van der Waals surface area contributed by atoms with Gasteiger partial charge in [-0.25, -0.2) is 8.78 Å². The van der Waals surface area contributed by atoms with Crippen molar-refractivity contribution in [1.29, 1.82) is 0 Å². The summed E-state index contributed by atoms with van der Waals surface area (Å²) >= 11 is 0. The maximum absolute atomic E-state index is 13.2. The molecule has 3 nitrogen and oxygen atoms in total.